The van der Waals surface area contributed by atoms with Gasteiger partial charge in [0, 0.05) is 30.6 Å². The Morgan fingerprint density at radius 2 is 1.75 bits per heavy atom. The van der Waals surface area contributed by atoms with Crippen LogP contribution in [0.3, 0.4) is 0 Å². The molecular weight excluding hydrogens is 454 g/mol. The second-order valence-electron chi connectivity index (χ2n) is 8.17. The van der Waals surface area contributed by atoms with E-state index in [0.717, 1.165) is 42.5 Å². The lowest BCUT2D eigenvalue weighted by molar-refractivity contribution is 0.217. The Balaban J connectivity index is 1.48. The molecule has 2 aromatic carbocycles. The van der Waals surface area contributed by atoms with Crippen molar-refractivity contribution in [1.29, 1.82) is 0 Å². The number of nitrogens with one attached hydrogen (secondary N) is 2. The fourth-order valence-corrected chi connectivity index (χ4v) is 3.80. The molecule has 9 nitrogen and oxygen atoms in total. The van der Waals surface area contributed by atoms with E-state index in [4.69, 9.17) is 9.47 Å². The fraction of sp³-hybridized carbons (Fsp3) is 0.296. The van der Waals surface area contributed by atoms with Gasteiger partial charge in [0.25, 0.3) is 0 Å². The number of para-hydroxylation sites is 1. The highest BCUT2D eigenvalue weighted by atomic mass is 16.5. The normalized spacial score (nSPS) is 10.9. The number of benzene rings is 2. The van der Waals surface area contributed by atoms with Crippen LogP contribution in [0.1, 0.15) is 19.5 Å². The number of anilines is 4. The molecule has 0 aliphatic rings. The van der Waals surface area contributed by atoms with Gasteiger partial charge in [-0.25, -0.2) is 9.67 Å². The molecule has 188 valence electrons. The summed E-state index contributed by atoms with van der Waals surface area (Å²) in [5.74, 6) is 3.28. The van der Waals surface area contributed by atoms with Crippen LogP contribution >= 0.6 is 0 Å². The van der Waals surface area contributed by atoms with Gasteiger partial charge in [0.1, 0.15) is 18.2 Å². The summed E-state index contributed by atoms with van der Waals surface area (Å²) in [6.07, 6.45) is 1.71. The van der Waals surface area contributed by atoms with Crippen molar-refractivity contribution in [2.45, 2.75) is 20.8 Å². The van der Waals surface area contributed by atoms with Gasteiger partial charge in [0.05, 0.1) is 18.5 Å². The predicted octanol–water partition coefficient (Wildman–Crippen LogP) is 5.19. The lowest BCUT2D eigenvalue weighted by Crippen LogP contribution is -2.27. The molecule has 2 aromatic heterocycles. The van der Waals surface area contributed by atoms with Crippen molar-refractivity contribution in [3.63, 3.8) is 0 Å². The first kappa shape index (κ1) is 25.0. The highest BCUT2D eigenvalue weighted by Gasteiger charge is 2.11. The highest BCUT2D eigenvalue weighted by Crippen LogP contribution is 2.31. The molecule has 0 bridgehead atoms. The van der Waals surface area contributed by atoms with Crippen LogP contribution in [0, 0.1) is 6.92 Å². The number of ether oxygens (including phenoxy) is 2. The van der Waals surface area contributed by atoms with Gasteiger partial charge in [0.2, 0.25) is 5.95 Å². The monoisotopic (exact) mass is 487 g/mol. The predicted molar refractivity (Wildman–Crippen MR) is 143 cm³/mol. The molecule has 0 saturated carbocycles. The zero-order chi connectivity index (χ0) is 25.3. The van der Waals surface area contributed by atoms with Crippen molar-refractivity contribution in [3.8, 4) is 17.2 Å². The van der Waals surface area contributed by atoms with E-state index in [1.807, 2.05) is 72.3 Å². The van der Waals surface area contributed by atoms with Crippen LogP contribution in [0.5, 0.6) is 11.5 Å². The van der Waals surface area contributed by atoms with Gasteiger partial charge in [-0.05, 0) is 50.3 Å². The van der Waals surface area contributed by atoms with E-state index in [1.54, 1.807) is 13.3 Å². The van der Waals surface area contributed by atoms with Crippen LogP contribution in [0.15, 0.2) is 66.9 Å². The number of aryl methyl sites for hydroxylation is 1. The minimum absolute atomic E-state index is 0.460. The third-order valence-corrected chi connectivity index (χ3v) is 5.72. The van der Waals surface area contributed by atoms with Gasteiger partial charge in [-0.15, -0.1) is 0 Å². The molecule has 0 radical (unpaired) electrons. The molecular formula is C27H33N7O2. The molecule has 0 saturated heterocycles. The molecule has 0 aliphatic carbocycles. The quantitative estimate of drug-likeness (QED) is 0.282. The first-order valence-electron chi connectivity index (χ1n) is 12.1. The molecule has 4 rings (SSSR count). The summed E-state index contributed by atoms with van der Waals surface area (Å²) in [4.78, 5) is 11.3. The maximum Gasteiger partial charge on any atom is 0.229 e. The first-order valence-corrected chi connectivity index (χ1v) is 12.1. The van der Waals surface area contributed by atoms with Crippen molar-refractivity contribution in [2.24, 2.45) is 0 Å². The van der Waals surface area contributed by atoms with Gasteiger partial charge < -0.3 is 25.0 Å². The zero-order valence-corrected chi connectivity index (χ0v) is 21.2. The Morgan fingerprint density at radius 3 is 2.50 bits per heavy atom. The molecule has 2 N–H and O–H groups in total. The zero-order valence-electron chi connectivity index (χ0n) is 21.2. The van der Waals surface area contributed by atoms with Crippen molar-refractivity contribution in [3.05, 3.63) is 72.6 Å². The Hall–Kier alpha value is -4.11. The number of nitrogens with zero attached hydrogens (tertiary/aromatic N) is 5. The molecule has 4 aromatic rings. The minimum Gasteiger partial charge on any atom is -0.493 e. The fourth-order valence-electron chi connectivity index (χ4n) is 3.80. The van der Waals surface area contributed by atoms with Crippen molar-refractivity contribution >= 4 is 23.3 Å². The molecule has 0 spiro atoms. The maximum absolute atomic E-state index is 6.03. The number of aromatic nitrogens is 4. The van der Waals surface area contributed by atoms with E-state index < -0.39 is 0 Å². The first-order chi connectivity index (χ1) is 17.6. The van der Waals surface area contributed by atoms with Crippen molar-refractivity contribution in [1.82, 2.24) is 24.6 Å². The van der Waals surface area contributed by atoms with Crippen LogP contribution < -0.4 is 20.1 Å². The van der Waals surface area contributed by atoms with Gasteiger partial charge in [-0.1, -0.05) is 32.0 Å². The van der Waals surface area contributed by atoms with E-state index in [0.29, 0.717) is 29.9 Å². The number of hydrogen-bond acceptors (Lipinski definition) is 8. The standard InChI is InChI=1S/C27H33N7O2/c1-5-33(6-2)16-17-36-24-19-21(12-13-23(24)35-4)29-27-28-15-14-25(31-27)30-26-18-20(3)32-34(26)22-10-8-7-9-11-22/h7-15,18-19H,5-6,16-17H2,1-4H3,(H2,28,29,30,31). The summed E-state index contributed by atoms with van der Waals surface area (Å²) in [6.45, 7) is 9.67. The topological polar surface area (TPSA) is 89.4 Å². The Labute approximate surface area is 212 Å². The molecule has 0 aliphatic heterocycles. The number of likely N-dealkylation sites (N-methyl/N-ethyl adjacent to an activating group) is 1. The molecule has 2 heterocycles. The SMILES string of the molecule is CCN(CC)CCOc1cc(Nc2nccc(Nc3cc(C)nn3-c3ccccc3)n2)ccc1OC. The third kappa shape index (κ3) is 6.31. The molecule has 0 atom stereocenters. The summed E-state index contributed by atoms with van der Waals surface area (Å²) >= 11 is 0. The van der Waals surface area contributed by atoms with Crippen LogP contribution in [-0.4, -0.2) is 58.0 Å². The van der Waals surface area contributed by atoms with Gasteiger partial charge in [-0.3, -0.25) is 0 Å². The van der Waals surface area contributed by atoms with E-state index >= 15 is 0 Å². The summed E-state index contributed by atoms with van der Waals surface area (Å²) in [6, 6.07) is 19.5. The van der Waals surface area contributed by atoms with Gasteiger partial charge in [0.15, 0.2) is 11.5 Å². The lowest BCUT2D eigenvalue weighted by atomic mass is 10.2. The third-order valence-electron chi connectivity index (χ3n) is 5.72. The minimum atomic E-state index is 0.460. The van der Waals surface area contributed by atoms with Crippen LogP contribution in [0.2, 0.25) is 0 Å². The second kappa shape index (κ2) is 12.0. The number of methoxy groups -OCH3 is 1. The smallest absolute Gasteiger partial charge is 0.229 e. The number of hydrogen-bond donors (Lipinski definition) is 2. The largest absolute Gasteiger partial charge is 0.493 e. The van der Waals surface area contributed by atoms with Gasteiger partial charge >= 0.3 is 0 Å². The van der Waals surface area contributed by atoms with Crippen LogP contribution in [0.4, 0.5) is 23.3 Å². The lowest BCUT2D eigenvalue weighted by Gasteiger charge is -2.19. The van der Waals surface area contributed by atoms with E-state index in [2.05, 4.69) is 44.4 Å². The summed E-state index contributed by atoms with van der Waals surface area (Å²) < 4.78 is 13.4. The molecule has 0 amide bonds. The Kier molecular flexibility index (Phi) is 8.36. The maximum atomic E-state index is 6.03. The highest BCUT2D eigenvalue weighted by molar-refractivity contribution is 5.62. The van der Waals surface area contributed by atoms with Crippen LogP contribution in [0.25, 0.3) is 5.69 Å². The number of rotatable bonds is 12. The molecule has 0 fully saturated rings. The summed E-state index contributed by atoms with van der Waals surface area (Å²) in [5.41, 5.74) is 2.67. The van der Waals surface area contributed by atoms with Gasteiger partial charge in [-0.2, -0.15) is 10.1 Å². The second-order valence-corrected chi connectivity index (χ2v) is 8.17. The Bertz CT molecular complexity index is 1260. The van der Waals surface area contributed by atoms with E-state index in [9.17, 15) is 0 Å². The summed E-state index contributed by atoms with van der Waals surface area (Å²) in [7, 11) is 1.64. The summed E-state index contributed by atoms with van der Waals surface area (Å²) in [5, 5.41) is 11.2. The Morgan fingerprint density at radius 1 is 0.944 bits per heavy atom. The average molecular weight is 488 g/mol. The van der Waals surface area contributed by atoms with Crippen LogP contribution in [-0.2, 0) is 0 Å². The van der Waals surface area contributed by atoms with Crippen molar-refractivity contribution < 1.29 is 9.47 Å². The molecule has 0 unspecified atom stereocenters. The molecule has 36 heavy (non-hydrogen) atoms. The van der Waals surface area contributed by atoms with E-state index in [-0.39, 0.29) is 0 Å². The average Bonchev–Trinajstić information content (AvgIpc) is 3.27. The van der Waals surface area contributed by atoms with Crippen molar-refractivity contribution in [2.75, 3.05) is 44.0 Å². The van der Waals surface area contributed by atoms with E-state index in [1.165, 1.54) is 0 Å². The molecule has 9 heteroatoms.